The van der Waals surface area contributed by atoms with Crippen molar-refractivity contribution in [2.75, 3.05) is 13.2 Å². The van der Waals surface area contributed by atoms with Crippen molar-refractivity contribution in [2.45, 2.75) is 25.8 Å². The summed E-state index contributed by atoms with van der Waals surface area (Å²) in [5.41, 5.74) is -1.42. The molecule has 2 rings (SSSR count). The fourth-order valence-corrected chi connectivity index (χ4v) is 3.41. The second kappa shape index (κ2) is 6.66. The Morgan fingerprint density at radius 2 is 1.74 bits per heavy atom. The van der Waals surface area contributed by atoms with Gasteiger partial charge in [0.15, 0.2) is 0 Å². The van der Waals surface area contributed by atoms with E-state index in [0.717, 1.165) is 0 Å². The summed E-state index contributed by atoms with van der Waals surface area (Å²) in [5, 5.41) is 11.5. The van der Waals surface area contributed by atoms with E-state index in [4.69, 9.17) is 9.47 Å². The quantitative estimate of drug-likeness (QED) is 0.322. The van der Waals surface area contributed by atoms with Crippen molar-refractivity contribution < 1.29 is 24.0 Å². The molecule has 0 spiro atoms. The van der Waals surface area contributed by atoms with Crippen LogP contribution in [-0.4, -0.2) is 36.1 Å². The third-order valence-electron chi connectivity index (χ3n) is 3.86. The van der Waals surface area contributed by atoms with Gasteiger partial charge in [-0.25, -0.2) is 0 Å². The molecule has 1 aromatic carbocycles. The molecule has 1 aromatic rings. The van der Waals surface area contributed by atoms with Crippen molar-refractivity contribution in [1.29, 1.82) is 0 Å². The lowest BCUT2D eigenvalue weighted by Crippen LogP contribution is -2.35. The second-order valence-corrected chi connectivity index (χ2v) is 5.89. The molecule has 2 atom stereocenters. The lowest BCUT2D eigenvalue weighted by atomic mass is 9.99. The number of halogens is 1. The number of nitrogens with zero attached hydrogens (tertiary/aromatic N) is 1. The molecular weight excluding hydrogens is 370 g/mol. The molecular formula is C15H16BrNO6. The molecule has 7 nitrogen and oxygen atoms in total. The Morgan fingerprint density at radius 1 is 1.22 bits per heavy atom. The first-order valence-electron chi connectivity index (χ1n) is 7.15. The summed E-state index contributed by atoms with van der Waals surface area (Å²) in [5.74, 6) is -2.76. The number of carbonyl (C=O) groups is 2. The number of hydrogen-bond acceptors (Lipinski definition) is 6. The largest absolute Gasteiger partial charge is 0.465 e. The number of esters is 2. The van der Waals surface area contributed by atoms with Gasteiger partial charge >= 0.3 is 11.9 Å². The first-order valence-corrected chi connectivity index (χ1v) is 7.94. The smallest absolute Gasteiger partial charge is 0.331 e. The van der Waals surface area contributed by atoms with Gasteiger partial charge in [0, 0.05) is 9.40 Å². The lowest BCUT2D eigenvalue weighted by molar-refractivity contribution is -0.501. The SMILES string of the molecule is CCOC(=O)C1(C(=O)OCC)[C@@H]([N+](=O)[O-])[C@@H]1c1ccccc1Br. The fourth-order valence-electron chi connectivity index (χ4n) is 2.88. The number of hydrogen-bond donors (Lipinski definition) is 0. The van der Waals surface area contributed by atoms with Gasteiger partial charge in [-0.2, -0.15) is 0 Å². The van der Waals surface area contributed by atoms with Crippen LogP contribution in [0.2, 0.25) is 0 Å². The highest BCUT2D eigenvalue weighted by Crippen LogP contribution is 2.63. The van der Waals surface area contributed by atoms with Gasteiger partial charge in [-0.05, 0) is 25.5 Å². The molecule has 1 saturated carbocycles. The van der Waals surface area contributed by atoms with Crippen molar-refractivity contribution in [1.82, 2.24) is 0 Å². The molecule has 1 aliphatic carbocycles. The van der Waals surface area contributed by atoms with Crippen LogP contribution in [0.3, 0.4) is 0 Å². The van der Waals surface area contributed by atoms with E-state index in [9.17, 15) is 19.7 Å². The number of rotatable bonds is 6. The third kappa shape index (κ3) is 2.71. The number of benzene rings is 1. The van der Waals surface area contributed by atoms with Crippen LogP contribution in [0.5, 0.6) is 0 Å². The minimum absolute atomic E-state index is 0.0209. The van der Waals surface area contributed by atoms with Gasteiger partial charge in [-0.1, -0.05) is 34.1 Å². The van der Waals surface area contributed by atoms with Crippen molar-refractivity contribution >= 4 is 27.9 Å². The highest BCUT2D eigenvalue weighted by atomic mass is 79.9. The predicted octanol–water partition coefficient (Wildman–Crippen LogP) is 2.30. The fraction of sp³-hybridized carbons (Fsp3) is 0.467. The lowest BCUT2D eigenvalue weighted by Gasteiger charge is -2.13. The van der Waals surface area contributed by atoms with E-state index in [1.807, 2.05) is 0 Å². The summed E-state index contributed by atoms with van der Waals surface area (Å²) in [6.45, 7) is 3.20. The van der Waals surface area contributed by atoms with Crippen LogP contribution >= 0.6 is 15.9 Å². The Bertz CT molecular complexity index is 629. The van der Waals surface area contributed by atoms with E-state index in [-0.39, 0.29) is 13.2 Å². The summed E-state index contributed by atoms with van der Waals surface area (Å²) < 4.78 is 10.5. The number of nitro groups is 1. The maximum Gasteiger partial charge on any atom is 0.331 e. The second-order valence-electron chi connectivity index (χ2n) is 5.04. The van der Waals surface area contributed by atoms with Gasteiger partial charge in [0.2, 0.25) is 11.5 Å². The molecule has 0 N–H and O–H groups in total. The zero-order valence-corrected chi connectivity index (χ0v) is 14.2. The average Bonchev–Trinajstić information content (AvgIpc) is 3.19. The Balaban J connectivity index is 2.55. The van der Waals surface area contributed by atoms with Crippen LogP contribution in [0.4, 0.5) is 0 Å². The van der Waals surface area contributed by atoms with E-state index < -0.39 is 34.2 Å². The van der Waals surface area contributed by atoms with Crippen LogP contribution in [0, 0.1) is 15.5 Å². The first-order chi connectivity index (χ1) is 10.9. The standard InChI is InChI=1S/C15H16BrNO6/c1-3-22-13(18)15(14(19)23-4-2)11(12(15)17(20)21)9-7-5-6-8-10(9)16/h5-8,11-12H,3-4H2,1-2H3/t11-,12-/m0/s1. The highest BCUT2D eigenvalue weighted by molar-refractivity contribution is 9.10. The molecule has 8 heteroatoms. The molecule has 23 heavy (non-hydrogen) atoms. The summed E-state index contributed by atoms with van der Waals surface area (Å²) in [4.78, 5) is 35.7. The summed E-state index contributed by atoms with van der Waals surface area (Å²) in [7, 11) is 0. The van der Waals surface area contributed by atoms with Crippen LogP contribution in [-0.2, 0) is 19.1 Å². The van der Waals surface area contributed by atoms with Gasteiger partial charge in [0.05, 0.1) is 19.1 Å². The number of ether oxygens (including phenoxy) is 2. The van der Waals surface area contributed by atoms with Crippen molar-refractivity contribution in [3.63, 3.8) is 0 Å². The van der Waals surface area contributed by atoms with Gasteiger partial charge in [0.1, 0.15) is 0 Å². The summed E-state index contributed by atoms with van der Waals surface area (Å²) >= 11 is 3.31. The van der Waals surface area contributed by atoms with E-state index in [0.29, 0.717) is 10.0 Å². The molecule has 1 fully saturated rings. The monoisotopic (exact) mass is 385 g/mol. The normalized spacial score (nSPS) is 21.3. The van der Waals surface area contributed by atoms with E-state index in [2.05, 4.69) is 15.9 Å². The molecule has 0 heterocycles. The van der Waals surface area contributed by atoms with E-state index in [1.54, 1.807) is 38.1 Å². The Kier molecular flexibility index (Phi) is 5.03. The van der Waals surface area contributed by atoms with Crippen LogP contribution in [0.15, 0.2) is 28.7 Å². The molecule has 0 amide bonds. The molecule has 0 radical (unpaired) electrons. The van der Waals surface area contributed by atoms with Gasteiger partial charge in [-0.3, -0.25) is 19.7 Å². The van der Waals surface area contributed by atoms with Crippen molar-refractivity contribution in [2.24, 2.45) is 5.41 Å². The molecule has 0 saturated heterocycles. The molecule has 124 valence electrons. The maximum absolute atomic E-state index is 12.4. The molecule has 0 bridgehead atoms. The van der Waals surface area contributed by atoms with Gasteiger partial charge < -0.3 is 9.47 Å². The molecule has 1 aliphatic rings. The van der Waals surface area contributed by atoms with E-state index >= 15 is 0 Å². The maximum atomic E-state index is 12.4. The number of carbonyl (C=O) groups excluding carboxylic acids is 2. The highest BCUT2D eigenvalue weighted by Gasteiger charge is 2.85. The summed E-state index contributed by atoms with van der Waals surface area (Å²) in [6, 6.07) is 5.38. The molecule has 0 aliphatic heterocycles. The van der Waals surface area contributed by atoms with Gasteiger partial charge in [-0.15, -0.1) is 0 Å². The average molecular weight is 386 g/mol. The van der Waals surface area contributed by atoms with Crippen LogP contribution < -0.4 is 0 Å². The predicted molar refractivity (Wildman–Crippen MR) is 83.4 cm³/mol. The molecule has 0 aromatic heterocycles. The first kappa shape index (κ1) is 17.4. The van der Waals surface area contributed by atoms with Gasteiger partial charge in [0.25, 0.3) is 0 Å². The third-order valence-corrected chi connectivity index (χ3v) is 4.58. The van der Waals surface area contributed by atoms with Crippen LogP contribution in [0.1, 0.15) is 25.3 Å². The van der Waals surface area contributed by atoms with Crippen molar-refractivity contribution in [3.8, 4) is 0 Å². The van der Waals surface area contributed by atoms with E-state index in [1.165, 1.54) is 0 Å². The zero-order valence-electron chi connectivity index (χ0n) is 12.7. The Hall–Kier alpha value is -1.96. The topological polar surface area (TPSA) is 95.7 Å². The zero-order chi connectivity index (χ0) is 17.2. The Morgan fingerprint density at radius 3 is 2.17 bits per heavy atom. The summed E-state index contributed by atoms with van der Waals surface area (Å²) in [6.07, 6.45) is 0. The minimum Gasteiger partial charge on any atom is -0.465 e. The molecule has 0 unspecified atom stereocenters. The van der Waals surface area contributed by atoms with Crippen LogP contribution in [0.25, 0.3) is 0 Å². The minimum atomic E-state index is -1.93. The Labute approximate surface area is 141 Å². The van der Waals surface area contributed by atoms with Crippen molar-refractivity contribution in [3.05, 3.63) is 44.4 Å².